The third kappa shape index (κ3) is 3.88. The van der Waals surface area contributed by atoms with E-state index in [4.69, 9.17) is 18.0 Å². The molecule has 0 saturated carbocycles. The molecule has 9 heteroatoms. The summed E-state index contributed by atoms with van der Waals surface area (Å²) in [7, 11) is 0. The maximum Gasteiger partial charge on any atom is 0.433 e. The first-order chi connectivity index (χ1) is 9.77. The van der Waals surface area contributed by atoms with Crippen LogP contribution in [0.5, 0.6) is 0 Å². The predicted molar refractivity (Wildman–Crippen MR) is 79.3 cm³/mol. The second-order valence-electron chi connectivity index (χ2n) is 4.17. The van der Waals surface area contributed by atoms with Gasteiger partial charge in [-0.3, -0.25) is 0 Å². The summed E-state index contributed by atoms with van der Waals surface area (Å²) in [4.78, 5) is 8.67. The molecule has 4 nitrogen and oxygen atoms in total. The largest absolute Gasteiger partial charge is 0.433 e. The summed E-state index contributed by atoms with van der Waals surface area (Å²) in [5.41, 5.74) is 4.77. The standard InChI is InChI=1S/C12H11F3N4S2/c1-6-4-17-9(21-6)5-18-11-7(10(16)20)2-3-8(19-11)12(13,14)15/h2-4H,5H2,1H3,(H2,16,20)(H,18,19). The number of aromatic nitrogens is 2. The van der Waals surface area contributed by atoms with Gasteiger partial charge in [0.2, 0.25) is 0 Å². The van der Waals surface area contributed by atoms with Gasteiger partial charge in [-0.05, 0) is 19.1 Å². The van der Waals surface area contributed by atoms with E-state index in [0.29, 0.717) is 0 Å². The minimum absolute atomic E-state index is 0.00479. The van der Waals surface area contributed by atoms with E-state index in [9.17, 15) is 13.2 Å². The second kappa shape index (κ2) is 5.94. The molecule has 0 saturated heterocycles. The van der Waals surface area contributed by atoms with Crippen LogP contribution in [0.4, 0.5) is 19.0 Å². The van der Waals surface area contributed by atoms with Crippen molar-refractivity contribution < 1.29 is 13.2 Å². The molecule has 0 aliphatic heterocycles. The number of aryl methyl sites for hydroxylation is 1. The van der Waals surface area contributed by atoms with Crippen molar-refractivity contribution in [1.29, 1.82) is 0 Å². The Hall–Kier alpha value is -1.74. The van der Waals surface area contributed by atoms with Gasteiger partial charge in [-0.1, -0.05) is 12.2 Å². The van der Waals surface area contributed by atoms with Crippen LogP contribution in [0.2, 0.25) is 0 Å². The Morgan fingerprint density at radius 1 is 1.43 bits per heavy atom. The fourth-order valence-electron chi connectivity index (χ4n) is 1.59. The number of anilines is 1. The Balaban J connectivity index is 2.28. The molecule has 0 atom stereocenters. The van der Waals surface area contributed by atoms with Gasteiger partial charge in [0.15, 0.2) is 0 Å². The quantitative estimate of drug-likeness (QED) is 0.842. The minimum atomic E-state index is -4.52. The molecule has 21 heavy (non-hydrogen) atoms. The number of thiocarbonyl (C=S) groups is 1. The highest BCUT2D eigenvalue weighted by Crippen LogP contribution is 2.29. The summed E-state index contributed by atoms with van der Waals surface area (Å²) in [6, 6.07) is 2.07. The van der Waals surface area contributed by atoms with Crippen molar-refractivity contribution in [3.63, 3.8) is 0 Å². The molecule has 2 heterocycles. The Bertz CT molecular complexity index is 667. The van der Waals surface area contributed by atoms with Gasteiger partial charge in [0.1, 0.15) is 21.5 Å². The summed E-state index contributed by atoms with van der Waals surface area (Å²) < 4.78 is 38.1. The van der Waals surface area contributed by atoms with Crippen LogP contribution in [0.15, 0.2) is 18.3 Å². The van der Waals surface area contributed by atoms with Gasteiger partial charge in [-0.25, -0.2) is 9.97 Å². The highest BCUT2D eigenvalue weighted by molar-refractivity contribution is 7.80. The van der Waals surface area contributed by atoms with Gasteiger partial charge in [0.25, 0.3) is 0 Å². The van der Waals surface area contributed by atoms with E-state index in [2.05, 4.69) is 15.3 Å². The van der Waals surface area contributed by atoms with Crippen molar-refractivity contribution >= 4 is 34.4 Å². The molecule has 0 spiro atoms. The van der Waals surface area contributed by atoms with E-state index in [1.54, 1.807) is 6.20 Å². The van der Waals surface area contributed by atoms with Gasteiger partial charge in [0, 0.05) is 11.1 Å². The first-order valence-electron chi connectivity index (χ1n) is 5.80. The highest BCUT2D eigenvalue weighted by Gasteiger charge is 2.33. The van der Waals surface area contributed by atoms with E-state index in [-0.39, 0.29) is 22.9 Å². The zero-order chi connectivity index (χ0) is 15.6. The molecule has 2 rings (SSSR count). The van der Waals surface area contributed by atoms with Crippen LogP contribution in [0.1, 0.15) is 21.1 Å². The third-order valence-corrected chi connectivity index (χ3v) is 3.66. The monoisotopic (exact) mass is 332 g/mol. The summed E-state index contributed by atoms with van der Waals surface area (Å²) >= 11 is 6.27. The summed E-state index contributed by atoms with van der Waals surface area (Å²) in [5, 5.41) is 3.54. The average molecular weight is 332 g/mol. The number of hydrogen-bond acceptors (Lipinski definition) is 5. The van der Waals surface area contributed by atoms with Crippen LogP contribution in [-0.2, 0) is 12.7 Å². The van der Waals surface area contributed by atoms with Crippen molar-refractivity contribution in [3.05, 3.63) is 39.5 Å². The van der Waals surface area contributed by atoms with Gasteiger partial charge in [-0.2, -0.15) is 13.2 Å². The van der Waals surface area contributed by atoms with Crippen LogP contribution in [0.3, 0.4) is 0 Å². The Kier molecular flexibility index (Phi) is 4.43. The minimum Gasteiger partial charge on any atom is -0.389 e. The molecule has 0 amide bonds. The molecule has 0 aromatic carbocycles. The number of nitrogens with two attached hydrogens (primary N) is 1. The molecule has 2 aromatic rings. The molecular formula is C12H11F3N4S2. The molecule has 0 fully saturated rings. The number of alkyl halides is 3. The number of nitrogens with zero attached hydrogens (tertiary/aromatic N) is 2. The first kappa shape index (κ1) is 15.6. The summed E-state index contributed by atoms with van der Waals surface area (Å²) in [5.74, 6) is 0.00479. The third-order valence-electron chi connectivity index (χ3n) is 2.53. The van der Waals surface area contributed by atoms with E-state index >= 15 is 0 Å². The zero-order valence-electron chi connectivity index (χ0n) is 10.9. The number of halogens is 3. The average Bonchev–Trinajstić information content (AvgIpc) is 2.80. The zero-order valence-corrected chi connectivity index (χ0v) is 12.5. The van der Waals surface area contributed by atoms with Crippen molar-refractivity contribution in [3.8, 4) is 0 Å². The van der Waals surface area contributed by atoms with Crippen LogP contribution in [0.25, 0.3) is 0 Å². The Morgan fingerprint density at radius 2 is 2.14 bits per heavy atom. The lowest BCUT2D eigenvalue weighted by Gasteiger charge is -2.12. The molecule has 0 bridgehead atoms. The maximum absolute atomic E-state index is 12.7. The lowest BCUT2D eigenvalue weighted by atomic mass is 10.2. The summed E-state index contributed by atoms with van der Waals surface area (Å²) in [6.45, 7) is 2.15. The number of nitrogens with one attached hydrogen (secondary N) is 1. The summed E-state index contributed by atoms with van der Waals surface area (Å²) in [6.07, 6.45) is -2.83. The first-order valence-corrected chi connectivity index (χ1v) is 7.03. The molecule has 0 unspecified atom stereocenters. The number of thiazole rings is 1. The Labute approximate surface area is 128 Å². The normalized spacial score (nSPS) is 11.4. The molecule has 2 aromatic heterocycles. The molecule has 0 aliphatic rings. The fourth-order valence-corrected chi connectivity index (χ4v) is 2.48. The molecular weight excluding hydrogens is 321 g/mol. The number of hydrogen-bond donors (Lipinski definition) is 2. The van der Waals surface area contributed by atoms with Crippen LogP contribution in [0, 0.1) is 6.92 Å². The Morgan fingerprint density at radius 3 is 2.67 bits per heavy atom. The topological polar surface area (TPSA) is 63.8 Å². The second-order valence-corrected chi connectivity index (χ2v) is 5.93. The van der Waals surface area contributed by atoms with Crippen molar-refractivity contribution in [2.75, 3.05) is 5.32 Å². The smallest absolute Gasteiger partial charge is 0.389 e. The van der Waals surface area contributed by atoms with Gasteiger partial charge < -0.3 is 11.1 Å². The van der Waals surface area contributed by atoms with Gasteiger partial charge in [-0.15, -0.1) is 11.3 Å². The van der Waals surface area contributed by atoms with Crippen molar-refractivity contribution in [2.45, 2.75) is 19.6 Å². The van der Waals surface area contributed by atoms with Crippen molar-refractivity contribution in [1.82, 2.24) is 9.97 Å². The fraction of sp³-hybridized carbons (Fsp3) is 0.250. The number of pyridine rings is 1. The van der Waals surface area contributed by atoms with Crippen molar-refractivity contribution in [2.24, 2.45) is 5.73 Å². The van der Waals surface area contributed by atoms with Crippen LogP contribution < -0.4 is 11.1 Å². The lowest BCUT2D eigenvalue weighted by Crippen LogP contribution is -2.17. The predicted octanol–water partition coefficient (Wildman–Crippen LogP) is 3.11. The van der Waals surface area contributed by atoms with E-state index in [1.807, 2.05) is 6.92 Å². The van der Waals surface area contributed by atoms with E-state index < -0.39 is 11.9 Å². The number of rotatable bonds is 4. The maximum atomic E-state index is 12.7. The molecule has 0 aliphatic carbocycles. The van der Waals surface area contributed by atoms with E-state index in [1.165, 1.54) is 17.4 Å². The highest BCUT2D eigenvalue weighted by atomic mass is 32.1. The lowest BCUT2D eigenvalue weighted by molar-refractivity contribution is -0.141. The van der Waals surface area contributed by atoms with E-state index in [0.717, 1.165) is 16.0 Å². The van der Waals surface area contributed by atoms with Gasteiger partial charge in [0.05, 0.1) is 12.1 Å². The van der Waals surface area contributed by atoms with Crippen LogP contribution >= 0.6 is 23.6 Å². The van der Waals surface area contributed by atoms with Crippen LogP contribution in [-0.4, -0.2) is 15.0 Å². The molecule has 3 N–H and O–H groups in total. The molecule has 0 radical (unpaired) electrons. The molecule has 112 valence electrons. The van der Waals surface area contributed by atoms with Gasteiger partial charge >= 0.3 is 6.18 Å². The SMILES string of the molecule is Cc1cnc(CNc2nc(C(F)(F)F)ccc2C(N)=S)s1.